The van der Waals surface area contributed by atoms with Crippen LogP contribution in [0.3, 0.4) is 0 Å². The lowest BCUT2D eigenvalue weighted by molar-refractivity contribution is -0.118. The number of aromatic nitrogens is 1. The van der Waals surface area contributed by atoms with Gasteiger partial charge in [0.1, 0.15) is 0 Å². The predicted octanol–water partition coefficient (Wildman–Crippen LogP) is 3.88. The van der Waals surface area contributed by atoms with Crippen LogP contribution >= 0.6 is 11.8 Å². The van der Waals surface area contributed by atoms with Crippen LogP contribution in [0.2, 0.25) is 0 Å². The van der Waals surface area contributed by atoms with Crippen LogP contribution in [-0.2, 0) is 11.3 Å². The van der Waals surface area contributed by atoms with Crippen molar-refractivity contribution < 1.29 is 4.79 Å². The minimum absolute atomic E-state index is 0.0129. The van der Waals surface area contributed by atoms with Crippen LogP contribution in [0.4, 0.5) is 0 Å². The zero-order valence-corrected chi connectivity index (χ0v) is 18.5. The molecule has 29 heavy (non-hydrogen) atoms. The highest BCUT2D eigenvalue weighted by atomic mass is 32.2. The number of benzene rings is 1. The number of aryl methyl sites for hydroxylation is 1. The molecule has 1 atom stereocenters. The van der Waals surface area contributed by atoms with Crippen molar-refractivity contribution in [2.45, 2.75) is 63.4 Å². The van der Waals surface area contributed by atoms with E-state index < -0.39 is 0 Å². The number of amides is 1. The minimum Gasteiger partial charge on any atom is -0.355 e. The Morgan fingerprint density at radius 2 is 2.07 bits per heavy atom. The first-order valence-corrected chi connectivity index (χ1v) is 11.9. The molecule has 5 nitrogen and oxygen atoms in total. The largest absolute Gasteiger partial charge is 0.355 e. The van der Waals surface area contributed by atoms with Gasteiger partial charge in [0.05, 0.1) is 11.3 Å². The second-order valence-electron chi connectivity index (χ2n) is 7.69. The summed E-state index contributed by atoms with van der Waals surface area (Å²) in [6.07, 6.45) is 6.16. The smallest absolute Gasteiger partial charge is 0.252 e. The van der Waals surface area contributed by atoms with Crippen LogP contribution in [-0.4, -0.2) is 46.8 Å². The summed E-state index contributed by atoms with van der Waals surface area (Å²) < 4.78 is 1.77. The summed E-state index contributed by atoms with van der Waals surface area (Å²) in [6, 6.07) is 10.3. The van der Waals surface area contributed by atoms with Crippen LogP contribution in [0.5, 0.6) is 0 Å². The third-order valence-corrected chi connectivity index (χ3v) is 6.88. The third kappa shape index (κ3) is 5.64. The van der Waals surface area contributed by atoms with E-state index in [1.165, 1.54) is 44.0 Å². The summed E-state index contributed by atoms with van der Waals surface area (Å²) in [7, 11) is 0. The number of thioether (sulfide) groups is 1. The van der Waals surface area contributed by atoms with Crippen molar-refractivity contribution in [2.75, 3.05) is 25.4 Å². The van der Waals surface area contributed by atoms with Gasteiger partial charge in [-0.25, -0.2) is 0 Å². The molecule has 1 amide bonds. The molecule has 3 rings (SSSR count). The molecule has 1 aliphatic heterocycles. The number of nitrogens with zero attached hydrogens (tertiary/aromatic N) is 2. The molecular formula is C23H33N3O2S. The van der Waals surface area contributed by atoms with E-state index in [-0.39, 0.29) is 11.5 Å². The lowest BCUT2D eigenvalue weighted by Gasteiger charge is -2.35. The topological polar surface area (TPSA) is 54.3 Å². The highest BCUT2D eigenvalue weighted by Gasteiger charge is 2.19. The molecule has 0 radical (unpaired) electrons. The average Bonchev–Trinajstić information content (AvgIpc) is 2.75. The van der Waals surface area contributed by atoms with Gasteiger partial charge < -0.3 is 14.8 Å². The molecule has 1 aliphatic rings. The van der Waals surface area contributed by atoms with Gasteiger partial charge in [-0.1, -0.05) is 31.5 Å². The van der Waals surface area contributed by atoms with Crippen LogP contribution in [0, 0.1) is 0 Å². The van der Waals surface area contributed by atoms with Crippen molar-refractivity contribution >= 4 is 28.6 Å². The van der Waals surface area contributed by atoms with Crippen LogP contribution in [0.15, 0.2) is 40.0 Å². The fourth-order valence-electron chi connectivity index (χ4n) is 4.27. The van der Waals surface area contributed by atoms with Gasteiger partial charge in [0.25, 0.3) is 5.56 Å². The lowest BCUT2D eigenvalue weighted by atomic mass is 10.00. The Bertz CT molecular complexity index is 880. The minimum atomic E-state index is -0.0129. The summed E-state index contributed by atoms with van der Waals surface area (Å²) in [4.78, 5) is 28.2. The number of rotatable bonds is 9. The Morgan fingerprint density at radius 1 is 1.24 bits per heavy atom. The number of para-hydroxylation sites is 1. The molecule has 0 aliphatic carbocycles. The molecular weight excluding hydrogens is 382 g/mol. The first kappa shape index (κ1) is 21.9. The van der Waals surface area contributed by atoms with Gasteiger partial charge in [0, 0.05) is 42.0 Å². The van der Waals surface area contributed by atoms with E-state index in [2.05, 4.69) is 17.1 Å². The number of piperidine rings is 1. The molecule has 0 unspecified atom stereocenters. The molecule has 2 heterocycles. The maximum absolute atomic E-state index is 12.4. The number of pyridine rings is 1. The van der Waals surface area contributed by atoms with Crippen LogP contribution in [0.1, 0.15) is 46.0 Å². The van der Waals surface area contributed by atoms with Gasteiger partial charge in [-0.15, -0.1) is 11.8 Å². The predicted molar refractivity (Wildman–Crippen MR) is 122 cm³/mol. The first-order valence-electron chi connectivity index (χ1n) is 10.9. The van der Waals surface area contributed by atoms with Crippen molar-refractivity contribution in [3.8, 4) is 0 Å². The number of carbonyl (C=O) groups is 1. The Morgan fingerprint density at radius 3 is 2.86 bits per heavy atom. The van der Waals surface area contributed by atoms with Gasteiger partial charge in [0.15, 0.2) is 0 Å². The normalized spacial score (nSPS) is 17.5. The summed E-state index contributed by atoms with van der Waals surface area (Å²) >= 11 is 1.45. The number of carbonyl (C=O) groups excluding carboxylic acids is 1. The molecule has 1 aromatic carbocycles. The summed E-state index contributed by atoms with van der Waals surface area (Å²) in [5.41, 5.74) is 0.915. The van der Waals surface area contributed by atoms with E-state index in [0.29, 0.717) is 24.9 Å². The maximum atomic E-state index is 12.4. The average molecular weight is 416 g/mol. The zero-order valence-electron chi connectivity index (χ0n) is 17.7. The van der Waals surface area contributed by atoms with Crippen molar-refractivity contribution in [1.29, 1.82) is 0 Å². The Balaban J connectivity index is 1.49. The summed E-state index contributed by atoms with van der Waals surface area (Å²) in [5, 5.41) is 4.07. The second-order valence-corrected chi connectivity index (χ2v) is 8.71. The molecule has 1 fully saturated rings. The number of hydrogen-bond acceptors (Lipinski definition) is 4. The molecule has 2 aromatic rings. The molecule has 0 saturated carbocycles. The monoisotopic (exact) mass is 415 g/mol. The number of nitrogens with one attached hydrogen (secondary N) is 1. The number of fused-ring (bicyclic) bond motifs is 1. The van der Waals surface area contributed by atoms with E-state index in [9.17, 15) is 9.59 Å². The Labute approximate surface area is 177 Å². The van der Waals surface area contributed by atoms with Crippen LogP contribution in [0.25, 0.3) is 10.9 Å². The van der Waals surface area contributed by atoms with E-state index in [1.54, 1.807) is 10.6 Å². The molecule has 1 aromatic heterocycles. The maximum Gasteiger partial charge on any atom is 0.252 e. The zero-order chi connectivity index (χ0) is 20.6. The van der Waals surface area contributed by atoms with Crippen LogP contribution < -0.4 is 10.9 Å². The van der Waals surface area contributed by atoms with E-state index in [1.807, 2.05) is 31.2 Å². The van der Waals surface area contributed by atoms with Gasteiger partial charge in [-0.2, -0.15) is 0 Å². The Hall–Kier alpha value is -1.79. The van der Waals surface area contributed by atoms with Gasteiger partial charge >= 0.3 is 0 Å². The fraction of sp³-hybridized carbons (Fsp3) is 0.565. The van der Waals surface area contributed by atoms with Crippen molar-refractivity contribution in [3.05, 3.63) is 40.7 Å². The van der Waals surface area contributed by atoms with Gasteiger partial charge in [-0.3, -0.25) is 9.59 Å². The lowest BCUT2D eigenvalue weighted by Crippen LogP contribution is -2.40. The summed E-state index contributed by atoms with van der Waals surface area (Å²) in [5.74, 6) is 0.366. The SMILES string of the molecule is CC[C@H]1CCCCN1CCCNC(=O)CSc1cc(=O)n(CC)c2ccccc12. The van der Waals surface area contributed by atoms with Crippen molar-refractivity contribution in [2.24, 2.45) is 0 Å². The number of likely N-dealkylation sites (tertiary alicyclic amines) is 1. The second kappa shape index (κ2) is 10.8. The molecule has 1 N–H and O–H groups in total. The first-order chi connectivity index (χ1) is 14.1. The highest BCUT2D eigenvalue weighted by Crippen LogP contribution is 2.26. The van der Waals surface area contributed by atoms with E-state index >= 15 is 0 Å². The fourth-order valence-corrected chi connectivity index (χ4v) is 5.17. The van der Waals surface area contributed by atoms with Crippen molar-refractivity contribution in [3.63, 3.8) is 0 Å². The third-order valence-electron chi connectivity index (χ3n) is 5.82. The molecule has 158 valence electrons. The van der Waals surface area contributed by atoms with E-state index in [4.69, 9.17) is 0 Å². The molecule has 0 bridgehead atoms. The standard InChI is InChI=1S/C23H33N3O2S/c1-3-18-10-7-8-14-25(18)15-9-13-24-22(27)17-29-21-16-23(28)26(4-2)20-12-6-5-11-19(20)21/h5-6,11-12,16,18H,3-4,7-10,13-15,17H2,1-2H3,(H,24,27)/t18-/m0/s1. The van der Waals surface area contributed by atoms with Gasteiger partial charge in [0.2, 0.25) is 5.91 Å². The molecule has 1 saturated heterocycles. The Kier molecular flexibility index (Phi) is 8.19. The molecule has 6 heteroatoms. The molecule has 0 spiro atoms. The highest BCUT2D eigenvalue weighted by molar-refractivity contribution is 8.00. The van der Waals surface area contributed by atoms with Crippen molar-refractivity contribution in [1.82, 2.24) is 14.8 Å². The quantitative estimate of drug-likeness (QED) is 0.499. The van der Waals surface area contributed by atoms with E-state index in [0.717, 1.165) is 28.8 Å². The number of hydrogen-bond donors (Lipinski definition) is 1. The van der Waals surface area contributed by atoms with Gasteiger partial charge in [-0.05, 0) is 45.2 Å². The summed E-state index contributed by atoms with van der Waals surface area (Å²) in [6.45, 7) is 7.85.